The SMILES string of the molecule is COc1cc(OC)cc(OC2=CC(=O)c3ccc(CCCC(C)C)cc3C2=O)c1. The van der Waals surface area contributed by atoms with Crippen molar-refractivity contribution in [3.63, 3.8) is 0 Å². The van der Waals surface area contributed by atoms with Gasteiger partial charge in [-0.05, 0) is 30.4 Å². The summed E-state index contributed by atoms with van der Waals surface area (Å²) in [5.41, 5.74) is 1.86. The molecule has 1 aliphatic carbocycles. The van der Waals surface area contributed by atoms with Crippen molar-refractivity contribution in [1.82, 2.24) is 0 Å². The van der Waals surface area contributed by atoms with Crippen molar-refractivity contribution < 1.29 is 23.8 Å². The summed E-state index contributed by atoms with van der Waals surface area (Å²) in [6.07, 6.45) is 4.28. The molecule has 0 atom stereocenters. The van der Waals surface area contributed by atoms with Crippen molar-refractivity contribution in [2.75, 3.05) is 14.2 Å². The molecule has 0 bridgehead atoms. The summed E-state index contributed by atoms with van der Waals surface area (Å²) in [6, 6.07) is 10.5. The van der Waals surface area contributed by atoms with Gasteiger partial charge in [0.2, 0.25) is 5.78 Å². The second-order valence-electron chi connectivity index (χ2n) is 7.52. The van der Waals surface area contributed by atoms with Gasteiger partial charge in [-0.25, -0.2) is 0 Å². The third-order valence-corrected chi connectivity index (χ3v) is 4.88. The van der Waals surface area contributed by atoms with Crippen LogP contribution >= 0.6 is 0 Å². The highest BCUT2D eigenvalue weighted by molar-refractivity contribution is 6.23. The number of hydrogen-bond donors (Lipinski definition) is 0. The Morgan fingerprint density at radius 1 is 0.862 bits per heavy atom. The standard InChI is InChI=1S/C24H26O5/c1-15(2)6-5-7-16-8-9-20-21(10-16)24(26)23(14-22(20)25)29-19-12-17(27-3)11-18(13-19)28-4/h8-15H,5-7H2,1-4H3. The number of ketones is 2. The van der Waals surface area contributed by atoms with Crippen LogP contribution in [0.1, 0.15) is 53.0 Å². The Morgan fingerprint density at radius 3 is 2.14 bits per heavy atom. The van der Waals surface area contributed by atoms with Crippen LogP contribution in [0.2, 0.25) is 0 Å². The largest absolute Gasteiger partial charge is 0.496 e. The first-order valence-electron chi connectivity index (χ1n) is 9.76. The summed E-state index contributed by atoms with van der Waals surface area (Å²) in [6.45, 7) is 4.38. The van der Waals surface area contributed by atoms with Crippen LogP contribution in [0.15, 0.2) is 48.2 Å². The number of benzene rings is 2. The zero-order valence-electron chi connectivity index (χ0n) is 17.3. The van der Waals surface area contributed by atoms with E-state index < -0.39 is 0 Å². The number of rotatable bonds is 8. The zero-order valence-corrected chi connectivity index (χ0v) is 17.3. The van der Waals surface area contributed by atoms with E-state index in [4.69, 9.17) is 14.2 Å². The number of Topliss-reactive ketones (excluding diaryl/α,β-unsaturated/α-hetero) is 1. The van der Waals surface area contributed by atoms with Gasteiger partial charge < -0.3 is 14.2 Å². The Kier molecular flexibility index (Phi) is 6.37. The maximum absolute atomic E-state index is 13.0. The molecule has 0 N–H and O–H groups in total. The van der Waals surface area contributed by atoms with Crippen molar-refractivity contribution >= 4 is 11.6 Å². The van der Waals surface area contributed by atoms with Crippen LogP contribution in [-0.2, 0) is 6.42 Å². The number of ether oxygens (including phenoxy) is 3. The van der Waals surface area contributed by atoms with E-state index in [2.05, 4.69) is 13.8 Å². The number of methoxy groups -OCH3 is 2. The van der Waals surface area contributed by atoms with Crippen molar-refractivity contribution in [2.24, 2.45) is 5.92 Å². The molecule has 0 radical (unpaired) electrons. The average molecular weight is 394 g/mol. The molecule has 29 heavy (non-hydrogen) atoms. The van der Waals surface area contributed by atoms with E-state index in [0.29, 0.717) is 34.3 Å². The number of allylic oxidation sites excluding steroid dienone is 2. The highest BCUT2D eigenvalue weighted by Gasteiger charge is 2.27. The Bertz CT molecular complexity index is 933. The van der Waals surface area contributed by atoms with E-state index >= 15 is 0 Å². The molecule has 0 aliphatic heterocycles. The van der Waals surface area contributed by atoms with E-state index in [9.17, 15) is 9.59 Å². The van der Waals surface area contributed by atoms with Gasteiger partial charge in [0.25, 0.3) is 0 Å². The molecule has 152 valence electrons. The Balaban J connectivity index is 1.84. The fraction of sp³-hybridized carbons (Fsp3) is 0.333. The lowest BCUT2D eigenvalue weighted by molar-refractivity contribution is 0.0946. The Labute approximate surface area is 171 Å². The molecular weight excluding hydrogens is 368 g/mol. The first-order chi connectivity index (χ1) is 13.9. The van der Waals surface area contributed by atoms with Gasteiger partial charge in [0.05, 0.1) is 14.2 Å². The normalized spacial score (nSPS) is 13.2. The summed E-state index contributed by atoms with van der Waals surface area (Å²) < 4.78 is 16.2. The molecule has 5 nitrogen and oxygen atoms in total. The maximum atomic E-state index is 13.0. The minimum absolute atomic E-state index is 0.00265. The fourth-order valence-electron chi connectivity index (χ4n) is 3.30. The number of carbonyl (C=O) groups is 2. The van der Waals surface area contributed by atoms with Gasteiger partial charge >= 0.3 is 0 Å². The first-order valence-corrected chi connectivity index (χ1v) is 9.76. The summed E-state index contributed by atoms with van der Waals surface area (Å²) in [5, 5.41) is 0. The molecule has 0 aromatic heterocycles. The maximum Gasteiger partial charge on any atom is 0.229 e. The molecule has 0 fully saturated rings. The van der Waals surface area contributed by atoms with Gasteiger partial charge in [-0.2, -0.15) is 0 Å². The van der Waals surface area contributed by atoms with Crippen LogP contribution in [0.25, 0.3) is 0 Å². The van der Waals surface area contributed by atoms with Crippen LogP contribution in [0.4, 0.5) is 0 Å². The van der Waals surface area contributed by atoms with Crippen molar-refractivity contribution in [3.8, 4) is 17.2 Å². The molecule has 0 saturated carbocycles. The summed E-state index contributed by atoms with van der Waals surface area (Å²) in [4.78, 5) is 25.5. The van der Waals surface area contributed by atoms with Gasteiger partial charge in [0, 0.05) is 35.4 Å². The molecule has 0 heterocycles. The average Bonchev–Trinajstić information content (AvgIpc) is 2.71. The van der Waals surface area contributed by atoms with E-state index in [1.165, 1.54) is 20.3 Å². The molecular formula is C24H26O5. The van der Waals surface area contributed by atoms with Crippen molar-refractivity contribution in [3.05, 3.63) is 64.9 Å². The monoisotopic (exact) mass is 394 g/mol. The number of fused-ring (bicyclic) bond motifs is 1. The molecule has 3 rings (SSSR count). The van der Waals surface area contributed by atoms with Gasteiger partial charge in [0.1, 0.15) is 17.2 Å². The minimum atomic E-state index is -0.299. The number of carbonyl (C=O) groups excluding carboxylic acids is 2. The van der Waals surface area contributed by atoms with Crippen molar-refractivity contribution in [1.29, 1.82) is 0 Å². The summed E-state index contributed by atoms with van der Waals surface area (Å²) >= 11 is 0. The Hall–Kier alpha value is -3.08. The molecule has 2 aromatic rings. The highest BCUT2D eigenvalue weighted by atomic mass is 16.5. The van der Waals surface area contributed by atoms with E-state index in [1.54, 1.807) is 24.3 Å². The predicted molar refractivity (Wildman–Crippen MR) is 111 cm³/mol. The highest BCUT2D eigenvalue weighted by Crippen LogP contribution is 2.31. The third-order valence-electron chi connectivity index (χ3n) is 4.88. The second-order valence-corrected chi connectivity index (χ2v) is 7.52. The number of aryl methyl sites for hydroxylation is 1. The van der Waals surface area contributed by atoms with E-state index in [-0.39, 0.29) is 17.3 Å². The third kappa shape index (κ3) is 4.86. The number of hydrogen-bond acceptors (Lipinski definition) is 5. The molecule has 0 spiro atoms. The van der Waals surface area contributed by atoms with Crippen LogP contribution in [0.5, 0.6) is 17.2 Å². The van der Waals surface area contributed by atoms with Gasteiger partial charge in [0.15, 0.2) is 11.5 Å². The zero-order chi connectivity index (χ0) is 21.0. The molecule has 5 heteroatoms. The lowest BCUT2D eigenvalue weighted by Gasteiger charge is -2.17. The van der Waals surface area contributed by atoms with E-state index in [0.717, 1.165) is 24.8 Å². The van der Waals surface area contributed by atoms with Gasteiger partial charge in [-0.3, -0.25) is 9.59 Å². The van der Waals surface area contributed by atoms with Gasteiger partial charge in [-0.1, -0.05) is 32.4 Å². The predicted octanol–water partition coefficient (Wildman–Crippen LogP) is 5.02. The molecule has 2 aromatic carbocycles. The van der Waals surface area contributed by atoms with Crippen LogP contribution in [0.3, 0.4) is 0 Å². The van der Waals surface area contributed by atoms with Gasteiger partial charge in [-0.15, -0.1) is 0 Å². The molecule has 1 aliphatic rings. The minimum Gasteiger partial charge on any atom is -0.496 e. The summed E-state index contributed by atoms with van der Waals surface area (Å²) in [5.74, 6) is 1.52. The van der Waals surface area contributed by atoms with Crippen LogP contribution < -0.4 is 14.2 Å². The summed E-state index contributed by atoms with van der Waals surface area (Å²) in [7, 11) is 3.06. The molecule has 0 unspecified atom stereocenters. The van der Waals surface area contributed by atoms with Crippen LogP contribution in [-0.4, -0.2) is 25.8 Å². The molecule has 0 saturated heterocycles. The topological polar surface area (TPSA) is 61.8 Å². The van der Waals surface area contributed by atoms with Crippen molar-refractivity contribution in [2.45, 2.75) is 33.1 Å². The Morgan fingerprint density at radius 2 is 1.52 bits per heavy atom. The fourth-order valence-corrected chi connectivity index (χ4v) is 3.30. The van der Waals surface area contributed by atoms with E-state index in [1.807, 2.05) is 12.1 Å². The van der Waals surface area contributed by atoms with Crippen LogP contribution in [0, 0.1) is 5.92 Å². The quantitative estimate of drug-likeness (QED) is 0.629. The molecule has 0 amide bonds. The lowest BCUT2D eigenvalue weighted by atomic mass is 9.90. The smallest absolute Gasteiger partial charge is 0.229 e. The second kappa shape index (κ2) is 8.95. The first kappa shape index (κ1) is 20.6. The lowest BCUT2D eigenvalue weighted by Crippen LogP contribution is -2.20.